The molecule has 0 saturated carbocycles. The summed E-state index contributed by atoms with van der Waals surface area (Å²) in [4.78, 5) is 41.5. The Labute approximate surface area is 164 Å². The van der Waals surface area contributed by atoms with Crippen molar-refractivity contribution in [1.82, 2.24) is 10.3 Å². The quantitative estimate of drug-likeness (QED) is 0.654. The van der Waals surface area contributed by atoms with Gasteiger partial charge in [0.05, 0.1) is 22.2 Å². The fourth-order valence-electron chi connectivity index (χ4n) is 3.93. The van der Waals surface area contributed by atoms with Crippen LogP contribution in [0.3, 0.4) is 0 Å². The number of carbonyl (C=O) groups is 3. The van der Waals surface area contributed by atoms with Gasteiger partial charge in [0.25, 0.3) is 17.7 Å². The molecule has 6 nitrogen and oxygen atoms in total. The molecule has 1 aliphatic heterocycles. The van der Waals surface area contributed by atoms with E-state index >= 15 is 0 Å². The maximum Gasteiger partial charge on any atom is 0.259 e. The third-order valence-electron chi connectivity index (χ3n) is 5.19. The average molecular weight is 392 g/mol. The molecule has 1 aliphatic carbocycles. The molecule has 3 aromatic rings. The minimum atomic E-state index is -0.460. The molecule has 0 fully saturated rings. The Hall–Kier alpha value is -3.25. The van der Waals surface area contributed by atoms with Crippen LogP contribution in [0.5, 0.6) is 0 Å². The normalized spacial score (nSPS) is 14.8. The second kappa shape index (κ2) is 6.14. The fraction of sp³-hybridized carbons (Fsp3) is 0.143. The lowest BCUT2D eigenvalue weighted by molar-refractivity contribution is 0.0878. The molecule has 2 aliphatic rings. The molecule has 3 amide bonds. The number of hydrogen-bond donors (Lipinski definition) is 2. The Kier molecular flexibility index (Phi) is 3.70. The second-order valence-corrected chi connectivity index (χ2v) is 7.36. The Morgan fingerprint density at radius 2 is 1.86 bits per heavy atom. The van der Waals surface area contributed by atoms with E-state index in [1.54, 1.807) is 18.2 Å². The highest BCUT2D eigenvalue weighted by Crippen LogP contribution is 2.32. The van der Waals surface area contributed by atoms with E-state index in [1.807, 2.05) is 6.07 Å². The molecule has 5 rings (SSSR count). The monoisotopic (exact) mass is 391 g/mol. The van der Waals surface area contributed by atoms with Crippen molar-refractivity contribution < 1.29 is 14.4 Å². The van der Waals surface area contributed by atoms with E-state index in [0.717, 1.165) is 36.0 Å². The number of imide groups is 1. The number of carbonyl (C=O) groups excluding carboxylic acids is 3. The topological polar surface area (TPSA) is 88.2 Å². The fourth-order valence-corrected chi connectivity index (χ4v) is 4.11. The van der Waals surface area contributed by atoms with E-state index in [1.165, 1.54) is 12.1 Å². The van der Waals surface area contributed by atoms with Crippen LogP contribution < -0.4 is 10.6 Å². The number of nitrogens with zero attached hydrogens (tertiary/aromatic N) is 1. The predicted octanol–water partition coefficient (Wildman–Crippen LogP) is 3.51. The third kappa shape index (κ3) is 2.57. The van der Waals surface area contributed by atoms with Gasteiger partial charge >= 0.3 is 0 Å². The van der Waals surface area contributed by atoms with Gasteiger partial charge in [-0.25, -0.2) is 0 Å². The highest BCUT2D eigenvalue weighted by molar-refractivity contribution is 6.31. The summed E-state index contributed by atoms with van der Waals surface area (Å²) in [5, 5.41) is 6.35. The molecule has 0 radical (unpaired) electrons. The Morgan fingerprint density at radius 3 is 2.71 bits per heavy atom. The molecule has 2 heterocycles. The zero-order valence-corrected chi connectivity index (χ0v) is 15.4. The molecule has 1 aromatic heterocycles. The number of anilines is 1. The number of aryl methyl sites for hydroxylation is 1. The number of amides is 3. The molecule has 0 atom stereocenters. The number of halogens is 1. The summed E-state index contributed by atoms with van der Waals surface area (Å²) in [6.07, 6.45) is 2.58. The standard InChI is InChI=1S/C21H14ClN3O3/c22-10-4-7-17-15(8-10)18(13-2-1-3-16(13)24-17)21(28)23-11-5-6-12-14(9-11)20(27)25-19(12)26/h4-9H,1-3H2,(H,23,28)(H,25,26,27). The molecule has 2 aromatic carbocycles. The van der Waals surface area contributed by atoms with Gasteiger partial charge in [0, 0.05) is 21.8 Å². The first-order valence-electron chi connectivity index (χ1n) is 8.93. The molecule has 0 spiro atoms. The number of hydrogen-bond acceptors (Lipinski definition) is 4. The number of pyridine rings is 1. The molecular formula is C21H14ClN3O3. The summed E-state index contributed by atoms with van der Waals surface area (Å²) in [5.74, 6) is -1.17. The number of benzene rings is 2. The van der Waals surface area contributed by atoms with E-state index in [0.29, 0.717) is 27.2 Å². The highest BCUT2D eigenvalue weighted by atomic mass is 35.5. The first-order valence-corrected chi connectivity index (χ1v) is 9.31. The van der Waals surface area contributed by atoms with Crippen molar-refractivity contribution in [1.29, 1.82) is 0 Å². The molecule has 0 saturated heterocycles. The van der Waals surface area contributed by atoms with Crippen LogP contribution >= 0.6 is 11.6 Å². The molecule has 2 N–H and O–H groups in total. The van der Waals surface area contributed by atoms with E-state index in [-0.39, 0.29) is 11.5 Å². The summed E-state index contributed by atoms with van der Waals surface area (Å²) >= 11 is 6.16. The van der Waals surface area contributed by atoms with Crippen molar-refractivity contribution >= 4 is 45.9 Å². The number of aromatic nitrogens is 1. The molecule has 28 heavy (non-hydrogen) atoms. The van der Waals surface area contributed by atoms with Gasteiger partial charge in [-0.05, 0) is 61.2 Å². The SMILES string of the molecule is O=C1NC(=O)c2cc(NC(=O)c3c4c(nc5ccc(Cl)cc35)CCC4)ccc21. The summed E-state index contributed by atoms with van der Waals surface area (Å²) in [6.45, 7) is 0. The van der Waals surface area contributed by atoms with Crippen molar-refractivity contribution in [3.63, 3.8) is 0 Å². The summed E-state index contributed by atoms with van der Waals surface area (Å²) in [7, 11) is 0. The second-order valence-electron chi connectivity index (χ2n) is 6.92. The zero-order valence-electron chi connectivity index (χ0n) is 14.6. The van der Waals surface area contributed by atoms with Gasteiger partial charge in [-0.1, -0.05) is 11.6 Å². The van der Waals surface area contributed by atoms with Gasteiger partial charge in [-0.3, -0.25) is 24.7 Å². The lowest BCUT2D eigenvalue weighted by atomic mass is 10.00. The van der Waals surface area contributed by atoms with Gasteiger partial charge in [-0.2, -0.15) is 0 Å². The average Bonchev–Trinajstić information content (AvgIpc) is 3.24. The van der Waals surface area contributed by atoms with Crippen LogP contribution in [0, 0.1) is 0 Å². The predicted molar refractivity (Wildman–Crippen MR) is 105 cm³/mol. The lowest BCUT2D eigenvalue weighted by Crippen LogP contribution is -2.19. The maximum absolute atomic E-state index is 13.2. The zero-order chi connectivity index (χ0) is 19.4. The summed E-state index contributed by atoms with van der Waals surface area (Å²) in [6, 6.07) is 10.0. The Morgan fingerprint density at radius 1 is 1.04 bits per heavy atom. The van der Waals surface area contributed by atoms with Crippen molar-refractivity contribution in [2.45, 2.75) is 19.3 Å². The first-order chi connectivity index (χ1) is 13.5. The van der Waals surface area contributed by atoms with Gasteiger partial charge in [0.1, 0.15) is 0 Å². The summed E-state index contributed by atoms with van der Waals surface area (Å²) < 4.78 is 0. The minimum Gasteiger partial charge on any atom is -0.322 e. The van der Waals surface area contributed by atoms with Crippen LogP contribution in [0.4, 0.5) is 5.69 Å². The Balaban J connectivity index is 1.59. The number of fused-ring (bicyclic) bond motifs is 3. The van der Waals surface area contributed by atoms with Crippen molar-refractivity contribution in [3.05, 3.63) is 69.4 Å². The van der Waals surface area contributed by atoms with Crippen LogP contribution in [-0.2, 0) is 12.8 Å². The van der Waals surface area contributed by atoms with E-state index in [4.69, 9.17) is 11.6 Å². The van der Waals surface area contributed by atoms with Crippen molar-refractivity contribution in [3.8, 4) is 0 Å². The lowest BCUT2D eigenvalue weighted by Gasteiger charge is -2.13. The number of nitrogens with one attached hydrogen (secondary N) is 2. The smallest absolute Gasteiger partial charge is 0.259 e. The van der Waals surface area contributed by atoms with Crippen LogP contribution in [0.2, 0.25) is 5.02 Å². The largest absolute Gasteiger partial charge is 0.322 e. The van der Waals surface area contributed by atoms with Gasteiger partial charge < -0.3 is 5.32 Å². The van der Waals surface area contributed by atoms with Crippen molar-refractivity contribution in [2.75, 3.05) is 5.32 Å². The van der Waals surface area contributed by atoms with Crippen LogP contribution in [0.15, 0.2) is 36.4 Å². The molecular weight excluding hydrogens is 378 g/mol. The van der Waals surface area contributed by atoms with E-state index in [2.05, 4.69) is 15.6 Å². The summed E-state index contributed by atoms with van der Waals surface area (Å²) in [5.41, 5.74) is 4.21. The highest BCUT2D eigenvalue weighted by Gasteiger charge is 2.28. The van der Waals surface area contributed by atoms with Crippen LogP contribution in [0.25, 0.3) is 10.9 Å². The van der Waals surface area contributed by atoms with E-state index in [9.17, 15) is 14.4 Å². The van der Waals surface area contributed by atoms with Crippen LogP contribution in [0.1, 0.15) is 48.8 Å². The molecule has 138 valence electrons. The molecule has 0 bridgehead atoms. The van der Waals surface area contributed by atoms with Gasteiger partial charge in [0.15, 0.2) is 0 Å². The maximum atomic E-state index is 13.2. The van der Waals surface area contributed by atoms with E-state index < -0.39 is 11.8 Å². The van der Waals surface area contributed by atoms with Gasteiger partial charge in [0.2, 0.25) is 0 Å². The Bertz CT molecular complexity index is 1220. The minimum absolute atomic E-state index is 0.260. The van der Waals surface area contributed by atoms with Crippen LogP contribution in [-0.4, -0.2) is 22.7 Å². The van der Waals surface area contributed by atoms with Gasteiger partial charge in [-0.15, -0.1) is 0 Å². The molecule has 0 unspecified atom stereocenters. The first kappa shape index (κ1) is 16.9. The number of rotatable bonds is 2. The third-order valence-corrected chi connectivity index (χ3v) is 5.43. The van der Waals surface area contributed by atoms with Crippen molar-refractivity contribution in [2.24, 2.45) is 0 Å². The molecule has 7 heteroatoms.